The molecule has 0 aromatic heterocycles. The number of hydrogen-bond donors (Lipinski definition) is 1. The number of nitriles is 1. The van der Waals surface area contributed by atoms with E-state index in [0.717, 1.165) is 45.4 Å². The predicted octanol–water partition coefficient (Wildman–Crippen LogP) is 1.34. The third-order valence-electron chi connectivity index (χ3n) is 3.38. The fraction of sp³-hybridized carbons (Fsp3) is 0.733. The van der Waals surface area contributed by atoms with Crippen molar-refractivity contribution in [1.29, 1.82) is 5.26 Å². The molecule has 1 heterocycles. The summed E-state index contributed by atoms with van der Waals surface area (Å²) in [6.45, 7) is 9.02. The number of nitrogens with one attached hydrogen (secondary N) is 1. The lowest BCUT2D eigenvalue weighted by Crippen LogP contribution is -2.47. The van der Waals surface area contributed by atoms with Gasteiger partial charge in [-0.2, -0.15) is 5.26 Å². The fourth-order valence-electron chi connectivity index (χ4n) is 2.24. The lowest BCUT2D eigenvalue weighted by Gasteiger charge is -2.28. The van der Waals surface area contributed by atoms with Gasteiger partial charge in [0, 0.05) is 45.5 Å². The molecule has 20 heavy (non-hydrogen) atoms. The van der Waals surface area contributed by atoms with Crippen LogP contribution in [0.4, 0.5) is 0 Å². The summed E-state index contributed by atoms with van der Waals surface area (Å²) in [6, 6.07) is 2.07. The number of nitrogens with zero attached hydrogens (tertiary/aromatic N) is 3. The zero-order valence-electron chi connectivity index (χ0n) is 12.7. The summed E-state index contributed by atoms with van der Waals surface area (Å²) in [5.74, 6) is -0.133. The Bertz CT molecular complexity index is 367. The Labute approximate surface area is 122 Å². The van der Waals surface area contributed by atoms with Gasteiger partial charge in [-0.05, 0) is 12.8 Å². The first-order chi connectivity index (χ1) is 9.72. The van der Waals surface area contributed by atoms with Gasteiger partial charge in [-0.15, -0.1) is 0 Å². The van der Waals surface area contributed by atoms with Crippen molar-refractivity contribution < 1.29 is 4.79 Å². The van der Waals surface area contributed by atoms with Crippen LogP contribution in [-0.2, 0) is 4.79 Å². The van der Waals surface area contributed by atoms with Gasteiger partial charge in [0.05, 0.1) is 0 Å². The maximum atomic E-state index is 12.3. The molecule has 1 saturated heterocycles. The van der Waals surface area contributed by atoms with Crippen molar-refractivity contribution in [3.63, 3.8) is 0 Å². The Kier molecular flexibility index (Phi) is 7.74. The molecule has 5 heteroatoms. The highest BCUT2D eigenvalue weighted by Crippen LogP contribution is 2.07. The summed E-state index contributed by atoms with van der Waals surface area (Å²) >= 11 is 0. The molecule has 0 spiro atoms. The Morgan fingerprint density at radius 1 is 1.30 bits per heavy atom. The number of hydrogen-bond acceptors (Lipinski definition) is 4. The summed E-state index contributed by atoms with van der Waals surface area (Å²) < 4.78 is 0. The Morgan fingerprint density at radius 3 is 2.55 bits per heavy atom. The maximum Gasteiger partial charge on any atom is 0.266 e. The van der Waals surface area contributed by atoms with E-state index in [0.29, 0.717) is 13.1 Å². The molecule has 0 unspecified atom stereocenters. The summed E-state index contributed by atoms with van der Waals surface area (Å²) in [5, 5.41) is 12.5. The molecular weight excluding hydrogens is 252 g/mol. The average Bonchev–Trinajstić information content (AvgIpc) is 2.50. The zero-order valence-corrected chi connectivity index (χ0v) is 12.7. The number of carbonyl (C=O) groups is 1. The zero-order chi connectivity index (χ0) is 14.8. The maximum absolute atomic E-state index is 12.3. The van der Waals surface area contributed by atoms with Crippen molar-refractivity contribution in [2.75, 3.05) is 39.3 Å². The van der Waals surface area contributed by atoms with Crippen molar-refractivity contribution in [2.45, 2.75) is 33.1 Å². The molecule has 1 aliphatic rings. The Balaban J connectivity index is 2.71. The third kappa shape index (κ3) is 5.22. The highest BCUT2D eigenvalue weighted by Gasteiger charge is 2.20. The van der Waals surface area contributed by atoms with E-state index in [9.17, 15) is 10.1 Å². The van der Waals surface area contributed by atoms with Crippen LogP contribution in [0.2, 0.25) is 0 Å². The molecule has 1 rings (SSSR count). The number of amides is 1. The SMILES string of the molecule is CCCCN(/C=C(/C#N)C(=O)N1CCNCC1)CCC. The van der Waals surface area contributed by atoms with E-state index in [1.807, 2.05) is 0 Å². The summed E-state index contributed by atoms with van der Waals surface area (Å²) in [5.41, 5.74) is 0.261. The van der Waals surface area contributed by atoms with Crippen molar-refractivity contribution in [1.82, 2.24) is 15.1 Å². The first-order valence-electron chi connectivity index (χ1n) is 7.58. The van der Waals surface area contributed by atoms with Crippen LogP contribution in [0.5, 0.6) is 0 Å². The minimum atomic E-state index is -0.133. The number of rotatable bonds is 7. The second kappa shape index (κ2) is 9.38. The smallest absolute Gasteiger partial charge is 0.266 e. The second-order valence-electron chi connectivity index (χ2n) is 5.09. The van der Waals surface area contributed by atoms with Gasteiger partial charge in [0.1, 0.15) is 11.6 Å². The molecular formula is C15H26N4O. The first-order valence-corrected chi connectivity index (χ1v) is 7.58. The summed E-state index contributed by atoms with van der Waals surface area (Å²) in [6.07, 6.45) is 4.96. The van der Waals surface area contributed by atoms with Crippen LogP contribution in [0.25, 0.3) is 0 Å². The van der Waals surface area contributed by atoms with Crippen molar-refractivity contribution in [3.8, 4) is 6.07 Å². The molecule has 5 nitrogen and oxygen atoms in total. The van der Waals surface area contributed by atoms with Crippen molar-refractivity contribution >= 4 is 5.91 Å². The van der Waals surface area contributed by atoms with E-state index < -0.39 is 0 Å². The molecule has 0 radical (unpaired) electrons. The highest BCUT2D eigenvalue weighted by atomic mass is 16.2. The van der Waals surface area contributed by atoms with E-state index in [4.69, 9.17) is 0 Å². The van der Waals surface area contributed by atoms with E-state index in [2.05, 4.69) is 30.1 Å². The lowest BCUT2D eigenvalue weighted by molar-refractivity contribution is -0.127. The highest BCUT2D eigenvalue weighted by molar-refractivity contribution is 5.97. The molecule has 0 atom stereocenters. The van der Waals surface area contributed by atoms with Gasteiger partial charge in [0.25, 0.3) is 5.91 Å². The number of carbonyl (C=O) groups excluding carboxylic acids is 1. The van der Waals surface area contributed by atoms with Crippen molar-refractivity contribution in [3.05, 3.63) is 11.8 Å². The minimum Gasteiger partial charge on any atom is -0.376 e. The largest absolute Gasteiger partial charge is 0.376 e. The lowest BCUT2D eigenvalue weighted by atomic mass is 10.2. The molecule has 0 aliphatic carbocycles. The molecule has 0 saturated carbocycles. The monoisotopic (exact) mass is 278 g/mol. The van der Waals surface area contributed by atoms with E-state index in [-0.39, 0.29) is 11.5 Å². The number of unbranched alkanes of at least 4 members (excludes halogenated alkanes) is 1. The van der Waals surface area contributed by atoms with Gasteiger partial charge in [0.15, 0.2) is 0 Å². The van der Waals surface area contributed by atoms with Gasteiger partial charge in [-0.3, -0.25) is 4.79 Å². The Morgan fingerprint density at radius 2 is 2.00 bits per heavy atom. The summed E-state index contributed by atoms with van der Waals surface area (Å²) in [7, 11) is 0. The van der Waals surface area contributed by atoms with Gasteiger partial charge in [0.2, 0.25) is 0 Å². The van der Waals surface area contributed by atoms with Crippen LogP contribution in [-0.4, -0.2) is 55.0 Å². The van der Waals surface area contributed by atoms with Crippen LogP contribution < -0.4 is 5.32 Å². The van der Waals surface area contributed by atoms with Crippen LogP contribution in [0.15, 0.2) is 11.8 Å². The van der Waals surface area contributed by atoms with Gasteiger partial charge in [-0.25, -0.2) is 0 Å². The van der Waals surface area contributed by atoms with Crippen LogP contribution >= 0.6 is 0 Å². The predicted molar refractivity (Wildman–Crippen MR) is 79.9 cm³/mol. The molecule has 1 amide bonds. The van der Waals surface area contributed by atoms with Crippen LogP contribution in [0.3, 0.4) is 0 Å². The second-order valence-corrected chi connectivity index (χ2v) is 5.09. The number of piperazine rings is 1. The van der Waals surface area contributed by atoms with Crippen LogP contribution in [0, 0.1) is 11.3 Å². The van der Waals surface area contributed by atoms with Gasteiger partial charge in [-0.1, -0.05) is 20.3 Å². The average molecular weight is 278 g/mol. The summed E-state index contributed by atoms with van der Waals surface area (Å²) in [4.78, 5) is 16.2. The quantitative estimate of drug-likeness (QED) is 0.564. The minimum absolute atomic E-state index is 0.133. The standard InChI is InChI=1S/C15H26N4O/c1-3-5-9-18(8-4-2)13-14(12-16)15(20)19-10-6-17-7-11-19/h13,17H,3-11H2,1-2H3/b14-13-. The normalized spacial score (nSPS) is 15.8. The van der Waals surface area contributed by atoms with Crippen molar-refractivity contribution in [2.24, 2.45) is 0 Å². The fourth-order valence-corrected chi connectivity index (χ4v) is 2.24. The third-order valence-corrected chi connectivity index (χ3v) is 3.38. The van der Waals surface area contributed by atoms with E-state index in [1.54, 1.807) is 11.1 Å². The molecule has 1 aliphatic heterocycles. The van der Waals surface area contributed by atoms with Gasteiger partial charge < -0.3 is 15.1 Å². The molecule has 0 bridgehead atoms. The topological polar surface area (TPSA) is 59.4 Å². The van der Waals surface area contributed by atoms with E-state index in [1.165, 1.54) is 0 Å². The molecule has 112 valence electrons. The Hall–Kier alpha value is -1.54. The van der Waals surface area contributed by atoms with Crippen LogP contribution in [0.1, 0.15) is 33.1 Å². The molecule has 0 aromatic carbocycles. The molecule has 1 N–H and O–H groups in total. The van der Waals surface area contributed by atoms with Gasteiger partial charge >= 0.3 is 0 Å². The molecule has 1 fully saturated rings. The van der Waals surface area contributed by atoms with E-state index >= 15 is 0 Å². The first kappa shape index (κ1) is 16.5. The molecule has 0 aromatic rings.